The Morgan fingerprint density at radius 2 is 1.81 bits per heavy atom. The SMILES string of the molecule is Cc1nn(C)c(CC(N)C(C)(C)N2CCCCCC2)c1Br. The Bertz CT molecular complexity index is 473. The van der Waals surface area contributed by atoms with Gasteiger partial charge in [0.2, 0.25) is 0 Å². The van der Waals surface area contributed by atoms with Crippen LogP contribution in [0, 0.1) is 6.92 Å². The van der Waals surface area contributed by atoms with E-state index in [1.807, 2.05) is 18.7 Å². The monoisotopic (exact) mass is 356 g/mol. The first-order valence-electron chi connectivity index (χ1n) is 8.02. The maximum atomic E-state index is 6.61. The molecular weight excluding hydrogens is 328 g/mol. The molecule has 1 aliphatic rings. The van der Waals surface area contributed by atoms with Crippen LogP contribution in [0.4, 0.5) is 0 Å². The van der Waals surface area contributed by atoms with Gasteiger partial charge in [-0.3, -0.25) is 9.58 Å². The smallest absolute Gasteiger partial charge is 0.0738 e. The lowest BCUT2D eigenvalue weighted by molar-refractivity contribution is 0.0972. The van der Waals surface area contributed by atoms with Gasteiger partial charge in [0.05, 0.1) is 15.9 Å². The molecule has 0 amide bonds. The summed E-state index contributed by atoms with van der Waals surface area (Å²) >= 11 is 3.65. The first-order valence-corrected chi connectivity index (χ1v) is 8.82. The molecule has 0 saturated carbocycles. The van der Waals surface area contributed by atoms with E-state index < -0.39 is 0 Å². The molecule has 120 valence electrons. The maximum absolute atomic E-state index is 6.61. The topological polar surface area (TPSA) is 47.1 Å². The number of rotatable bonds is 4. The zero-order valence-corrected chi connectivity index (χ0v) is 15.4. The second kappa shape index (κ2) is 6.80. The van der Waals surface area contributed by atoms with Crippen molar-refractivity contribution in [1.29, 1.82) is 0 Å². The number of hydrogen-bond donors (Lipinski definition) is 1. The van der Waals surface area contributed by atoms with E-state index in [0.717, 1.165) is 16.6 Å². The highest BCUT2D eigenvalue weighted by Crippen LogP contribution is 2.27. The van der Waals surface area contributed by atoms with Crippen LogP contribution in [0.5, 0.6) is 0 Å². The molecule has 4 nitrogen and oxygen atoms in total. The Morgan fingerprint density at radius 3 is 2.29 bits per heavy atom. The van der Waals surface area contributed by atoms with Gasteiger partial charge in [-0.25, -0.2) is 0 Å². The van der Waals surface area contributed by atoms with Crippen LogP contribution in [0.2, 0.25) is 0 Å². The van der Waals surface area contributed by atoms with Crippen LogP contribution >= 0.6 is 15.9 Å². The highest BCUT2D eigenvalue weighted by molar-refractivity contribution is 9.10. The summed E-state index contributed by atoms with van der Waals surface area (Å²) in [6, 6.07) is 0.0988. The molecule has 0 aromatic carbocycles. The van der Waals surface area contributed by atoms with Crippen LogP contribution in [0.3, 0.4) is 0 Å². The predicted octanol–water partition coefficient (Wildman–Crippen LogP) is 3.02. The fourth-order valence-electron chi connectivity index (χ4n) is 3.24. The average Bonchev–Trinajstić information content (AvgIpc) is 2.68. The average molecular weight is 357 g/mol. The quantitative estimate of drug-likeness (QED) is 0.901. The van der Waals surface area contributed by atoms with Crippen LogP contribution in [0.1, 0.15) is 50.9 Å². The third-order valence-corrected chi connectivity index (χ3v) is 6.03. The molecule has 1 saturated heterocycles. The number of halogens is 1. The van der Waals surface area contributed by atoms with Gasteiger partial charge in [0, 0.05) is 25.0 Å². The van der Waals surface area contributed by atoms with E-state index in [9.17, 15) is 0 Å². The number of aryl methyl sites for hydroxylation is 2. The molecule has 1 aliphatic heterocycles. The molecule has 5 heteroatoms. The maximum Gasteiger partial charge on any atom is 0.0738 e. The van der Waals surface area contributed by atoms with Gasteiger partial charge in [-0.2, -0.15) is 5.10 Å². The summed E-state index contributed by atoms with van der Waals surface area (Å²) in [6.07, 6.45) is 6.15. The van der Waals surface area contributed by atoms with Crippen molar-refractivity contribution in [2.45, 2.75) is 64.5 Å². The van der Waals surface area contributed by atoms with Crippen molar-refractivity contribution in [1.82, 2.24) is 14.7 Å². The van der Waals surface area contributed by atoms with Crippen molar-refractivity contribution >= 4 is 15.9 Å². The summed E-state index contributed by atoms with van der Waals surface area (Å²) in [4.78, 5) is 2.59. The van der Waals surface area contributed by atoms with Gasteiger partial charge >= 0.3 is 0 Å². The minimum absolute atomic E-state index is 0.0158. The lowest BCUT2D eigenvalue weighted by Gasteiger charge is -2.42. The third kappa shape index (κ3) is 3.69. The minimum atomic E-state index is 0.0158. The molecule has 0 radical (unpaired) electrons. The predicted molar refractivity (Wildman–Crippen MR) is 91.4 cm³/mol. The zero-order chi connectivity index (χ0) is 15.6. The van der Waals surface area contributed by atoms with Gasteiger partial charge < -0.3 is 5.73 Å². The van der Waals surface area contributed by atoms with Crippen LogP contribution in [0.25, 0.3) is 0 Å². The summed E-state index contributed by atoms with van der Waals surface area (Å²) in [7, 11) is 2.00. The largest absolute Gasteiger partial charge is 0.326 e. The van der Waals surface area contributed by atoms with Crippen LogP contribution < -0.4 is 5.73 Å². The molecule has 1 aromatic heterocycles. The summed E-state index contributed by atoms with van der Waals surface area (Å²) in [5.74, 6) is 0. The van der Waals surface area contributed by atoms with Crippen molar-refractivity contribution in [2.24, 2.45) is 12.8 Å². The van der Waals surface area contributed by atoms with Crippen LogP contribution in [0.15, 0.2) is 4.47 Å². The van der Waals surface area contributed by atoms with E-state index in [-0.39, 0.29) is 11.6 Å². The fraction of sp³-hybridized carbons (Fsp3) is 0.812. The minimum Gasteiger partial charge on any atom is -0.326 e. The first kappa shape index (κ1) is 17.0. The highest BCUT2D eigenvalue weighted by Gasteiger charge is 2.34. The Labute approximate surface area is 137 Å². The summed E-state index contributed by atoms with van der Waals surface area (Å²) < 4.78 is 3.06. The number of nitrogens with zero attached hydrogens (tertiary/aromatic N) is 3. The molecule has 2 N–H and O–H groups in total. The standard InChI is InChI=1S/C16H29BrN4/c1-12-15(17)13(20(4)19-12)11-14(18)16(2,3)21-9-7-5-6-8-10-21/h14H,5-11,18H2,1-4H3. The summed E-state index contributed by atoms with van der Waals surface area (Å²) in [5, 5.41) is 4.47. The molecule has 1 unspecified atom stereocenters. The molecule has 1 atom stereocenters. The second-order valence-corrected chi connectivity index (χ2v) is 7.63. The first-order chi connectivity index (χ1) is 9.84. The molecule has 2 heterocycles. The van der Waals surface area contributed by atoms with E-state index in [0.29, 0.717) is 0 Å². The molecule has 0 spiro atoms. The Kier molecular flexibility index (Phi) is 5.49. The number of nitrogens with two attached hydrogens (primary N) is 1. The van der Waals surface area contributed by atoms with Gasteiger partial charge in [-0.05, 0) is 62.6 Å². The molecule has 21 heavy (non-hydrogen) atoms. The number of likely N-dealkylation sites (tertiary alicyclic amines) is 1. The molecule has 1 fully saturated rings. The van der Waals surface area contributed by atoms with Gasteiger partial charge in [-0.1, -0.05) is 12.8 Å². The normalized spacial score (nSPS) is 19.5. The van der Waals surface area contributed by atoms with E-state index in [2.05, 4.69) is 39.8 Å². The molecule has 1 aromatic rings. The van der Waals surface area contributed by atoms with Gasteiger partial charge in [0.1, 0.15) is 0 Å². The summed E-state index contributed by atoms with van der Waals surface area (Å²) in [6.45, 7) is 8.96. The lowest BCUT2D eigenvalue weighted by Crippen LogP contribution is -2.57. The van der Waals surface area contributed by atoms with E-state index in [1.165, 1.54) is 44.5 Å². The number of hydrogen-bond acceptors (Lipinski definition) is 3. The highest BCUT2D eigenvalue weighted by atomic mass is 79.9. The Balaban J connectivity index is 2.11. The Morgan fingerprint density at radius 1 is 1.24 bits per heavy atom. The molecule has 0 bridgehead atoms. The van der Waals surface area contributed by atoms with Crippen LogP contribution in [-0.2, 0) is 13.5 Å². The van der Waals surface area contributed by atoms with E-state index in [1.54, 1.807) is 0 Å². The molecular formula is C16H29BrN4. The van der Waals surface area contributed by atoms with E-state index >= 15 is 0 Å². The van der Waals surface area contributed by atoms with Gasteiger partial charge in [0.15, 0.2) is 0 Å². The van der Waals surface area contributed by atoms with Crippen molar-refractivity contribution in [2.75, 3.05) is 13.1 Å². The second-order valence-electron chi connectivity index (χ2n) is 6.84. The molecule has 2 rings (SSSR count). The van der Waals surface area contributed by atoms with Crippen molar-refractivity contribution in [3.05, 3.63) is 15.9 Å². The van der Waals surface area contributed by atoms with Crippen LogP contribution in [-0.4, -0.2) is 39.4 Å². The van der Waals surface area contributed by atoms with Crippen molar-refractivity contribution in [3.8, 4) is 0 Å². The molecule has 0 aliphatic carbocycles. The van der Waals surface area contributed by atoms with Crippen molar-refractivity contribution < 1.29 is 0 Å². The number of aromatic nitrogens is 2. The lowest BCUT2D eigenvalue weighted by atomic mass is 9.89. The van der Waals surface area contributed by atoms with Gasteiger partial charge in [0.25, 0.3) is 0 Å². The third-order valence-electron chi connectivity index (χ3n) is 5.00. The Hall–Kier alpha value is -0.390. The fourth-order valence-corrected chi connectivity index (χ4v) is 3.74. The van der Waals surface area contributed by atoms with Gasteiger partial charge in [-0.15, -0.1) is 0 Å². The summed E-state index contributed by atoms with van der Waals surface area (Å²) in [5.41, 5.74) is 8.86. The zero-order valence-electron chi connectivity index (χ0n) is 13.8. The van der Waals surface area contributed by atoms with Crippen molar-refractivity contribution in [3.63, 3.8) is 0 Å². The van der Waals surface area contributed by atoms with E-state index in [4.69, 9.17) is 5.73 Å².